The fraction of sp³-hybridized carbons (Fsp3) is 0.400. The highest BCUT2D eigenvalue weighted by molar-refractivity contribution is 6.00. The first-order valence-corrected chi connectivity index (χ1v) is 11.3. The first-order chi connectivity index (χ1) is 16.0. The van der Waals surface area contributed by atoms with E-state index in [-0.39, 0.29) is 42.8 Å². The van der Waals surface area contributed by atoms with E-state index < -0.39 is 0 Å². The number of carbonyl (C=O) groups is 3. The van der Waals surface area contributed by atoms with Crippen LogP contribution in [0.15, 0.2) is 48.5 Å². The van der Waals surface area contributed by atoms with Crippen molar-refractivity contribution in [1.29, 1.82) is 0 Å². The number of amides is 3. The lowest BCUT2D eigenvalue weighted by atomic mass is 10.1. The van der Waals surface area contributed by atoms with Gasteiger partial charge in [0.25, 0.3) is 5.91 Å². The molecule has 0 aliphatic carbocycles. The van der Waals surface area contributed by atoms with E-state index in [4.69, 9.17) is 9.47 Å². The van der Waals surface area contributed by atoms with Crippen LogP contribution < -0.4 is 20.3 Å². The van der Waals surface area contributed by atoms with E-state index in [1.54, 1.807) is 29.2 Å². The van der Waals surface area contributed by atoms with Crippen LogP contribution in [0, 0.1) is 12.8 Å². The van der Waals surface area contributed by atoms with Crippen LogP contribution in [0.5, 0.6) is 5.75 Å². The molecule has 2 atom stereocenters. The van der Waals surface area contributed by atoms with E-state index in [1.807, 2.05) is 31.2 Å². The second kappa shape index (κ2) is 10.5. The van der Waals surface area contributed by atoms with Gasteiger partial charge in [-0.3, -0.25) is 14.4 Å². The molecular formula is C25H29N3O5. The maximum absolute atomic E-state index is 12.5. The Morgan fingerprint density at radius 1 is 1.15 bits per heavy atom. The molecule has 0 saturated carbocycles. The van der Waals surface area contributed by atoms with Crippen molar-refractivity contribution in [3.63, 3.8) is 0 Å². The van der Waals surface area contributed by atoms with Crippen LogP contribution in [0.25, 0.3) is 0 Å². The Hall–Kier alpha value is -3.39. The maximum Gasteiger partial charge on any atom is 0.262 e. The van der Waals surface area contributed by atoms with Crippen LogP contribution in [0.4, 0.5) is 11.4 Å². The number of rotatable bonds is 8. The summed E-state index contributed by atoms with van der Waals surface area (Å²) < 4.78 is 11.1. The van der Waals surface area contributed by atoms with Crippen molar-refractivity contribution in [3.05, 3.63) is 54.1 Å². The van der Waals surface area contributed by atoms with Gasteiger partial charge in [-0.1, -0.05) is 18.2 Å². The topological polar surface area (TPSA) is 97.0 Å². The summed E-state index contributed by atoms with van der Waals surface area (Å²) in [7, 11) is 0. The van der Waals surface area contributed by atoms with Crippen LogP contribution in [0.3, 0.4) is 0 Å². The lowest BCUT2D eigenvalue weighted by Crippen LogP contribution is -2.37. The monoisotopic (exact) mass is 451 g/mol. The van der Waals surface area contributed by atoms with Crippen LogP contribution in [-0.2, 0) is 19.1 Å². The number of carbonyl (C=O) groups excluding carboxylic acids is 3. The molecule has 3 amide bonds. The summed E-state index contributed by atoms with van der Waals surface area (Å²) in [5, 5.41) is 5.74. The second-order valence-corrected chi connectivity index (χ2v) is 8.43. The number of hydrogen-bond acceptors (Lipinski definition) is 5. The van der Waals surface area contributed by atoms with Gasteiger partial charge in [0.15, 0.2) is 6.61 Å². The van der Waals surface area contributed by atoms with Gasteiger partial charge >= 0.3 is 0 Å². The number of nitrogens with one attached hydrogen (secondary N) is 2. The van der Waals surface area contributed by atoms with E-state index in [0.717, 1.165) is 30.7 Å². The molecule has 0 unspecified atom stereocenters. The summed E-state index contributed by atoms with van der Waals surface area (Å²) in [6, 6.07) is 14.5. The van der Waals surface area contributed by atoms with Crippen molar-refractivity contribution in [2.75, 3.05) is 36.5 Å². The molecule has 33 heavy (non-hydrogen) atoms. The van der Waals surface area contributed by atoms with Crippen molar-refractivity contribution in [2.45, 2.75) is 32.3 Å². The molecule has 2 fully saturated rings. The predicted octanol–water partition coefficient (Wildman–Crippen LogP) is 2.66. The van der Waals surface area contributed by atoms with E-state index >= 15 is 0 Å². The van der Waals surface area contributed by atoms with Crippen LogP contribution in [-0.4, -0.2) is 50.1 Å². The Labute approximate surface area is 193 Å². The Morgan fingerprint density at radius 2 is 1.94 bits per heavy atom. The largest absolute Gasteiger partial charge is 0.484 e. The molecular weight excluding hydrogens is 422 g/mol. The minimum atomic E-state index is -0.375. The van der Waals surface area contributed by atoms with Crippen LogP contribution >= 0.6 is 0 Å². The fourth-order valence-corrected chi connectivity index (χ4v) is 4.07. The quantitative estimate of drug-likeness (QED) is 0.643. The Morgan fingerprint density at radius 3 is 2.67 bits per heavy atom. The molecule has 8 heteroatoms. The molecule has 2 N–H and O–H groups in total. The van der Waals surface area contributed by atoms with Crippen molar-refractivity contribution < 1.29 is 23.9 Å². The second-order valence-electron chi connectivity index (χ2n) is 8.43. The van der Waals surface area contributed by atoms with E-state index in [1.165, 1.54) is 0 Å². The highest BCUT2D eigenvalue weighted by Crippen LogP contribution is 2.27. The average Bonchev–Trinajstić information content (AvgIpc) is 3.48. The Kier molecular flexibility index (Phi) is 7.24. The third-order valence-electron chi connectivity index (χ3n) is 5.96. The minimum Gasteiger partial charge on any atom is -0.484 e. The number of ether oxygens (including phenoxy) is 2. The summed E-state index contributed by atoms with van der Waals surface area (Å²) in [5.74, 6) is -0.296. The molecule has 2 saturated heterocycles. The summed E-state index contributed by atoms with van der Waals surface area (Å²) >= 11 is 0. The zero-order chi connectivity index (χ0) is 23.2. The van der Waals surface area contributed by atoms with E-state index in [0.29, 0.717) is 24.5 Å². The number of benzene rings is 2. The minimum absolute atomic E-state index is 0.0773. The first kappa shape index (κ1) is 22.8. The normalized spacial score (nSPS) is 20.0. The lowest BCUT2D eigenvalue weighted by molar-refractivity contribution is -0.126. The summed E-state index contributed by atoms with van der Waals surface area (Å²) in [5.41, 5.74) is 2.43. The molecule has 2 aromatic rings. The van der Waals surface area contributed by atoms with Gasteiger partial charge in [-0.25, -0.2) is 0 Å². The van der Waals surface area contributed by atoms with Crippen LogP contribution in [0.1, 0.15) is 24.8 Å². The molecule has 0 bridgehead atoms. The van der Waals surface area contributed by atoms with E-state index in [9.17, 15) is 14.4 Å². The Bertz CT molecular complexity index is 1000. The zero-order valence-corrected chi connectivity index (χ0v) is 18.7. The van der Waals surface area contributed by atoms with E-state index in [2.05, 4.69) is 10.6 Å². The molecule has 2 heterocycles. The highest BCUT2D eigenvalue weighted by Gasteiger charge is 2.35. The molecule has 2 aliphatic rings. The standard InChI is InChI=1S/C25H29N3O5/c1-17-5-2-3-7-22(17)27-23(29)16-33-20-10-8-19(9-11-20)28-15-18(13-24(28)30)25(31)26-14-21-6-4-12-32-21/h2-3,5,7-11,18,21H,4,6,12-16H2,1H3,(H,26,31)(H,27,29)/t18-,21-/m0/s1. The molecule has 0 radical (unpaired) electrons. The van der Waals surface area contributed by atoms with Crippen molar-refractivity contribution in [2.24, 2.45) is 5.92 Å². The number of aryl methyl sites for hydroxylation is 1. The van der Waals surface area contributed by atoms with Gasteiger partial charge in [-0.15, -0.1) is 0 Å². The highest BCUT2D eigenvalue weighted by atomic mass is 16.5. The lowest BCUT2D eigenvalue weighted by Gasteiger charge is -2.18. The molecule has 2 aromatic carbocycles. The molecule has 0 spiro atoms. The third-order valence-corrected chi connectivity index (χ3v) is 5.96. The van der Waals surface area contributed by atoms with Gasteiger partial charge in [-0.05, 0) is 55.7 Å². The maximum atomic E-state index is 12.5. The fourth-order valence-electron chi connectivity index (χ4n) is 4.07. The summed E-state index contributed by atoms with van der Waals surface area (Å²) in [4.78, 5) is 38.7. The number of para-hydroxylation sites is 1. The van der Waals surface area contributed by atoms with Gasteiger partial charge < -0.3 is 25.0 Å². The van der Waals surface area contributed by atoms with Gasteiger partial charge in [0.2, 0.25) is 11.8 Å². The molecule has 2 aliphatic heterocycles. The number of nitrogens with zero attached hydrogens (tertiary/aromatic N) is 1. The van der Waals surface area contributed by atoms with Crippen molar-refractivity contribution in [1.82, 2.24) is 5.32 Å². The number of hydrogen-bond donors (Lipinski definition) is 2. The Balaban J connectivity index is 1.26. The molecule has 4 rings (SSSR count). The molecule has 8 nitrogen and oxygen atoms in total. The van der Waals surface area contributed by atoms with Crippen molar-refractivity contribution in [3.8, 4) is 5.75 Å². The SMILES string of the molecule is Cc1ccccc1NC(=O)COc1ccc(N2C[C@@H](C(=O)NC[C@@H]3CCCO3)CC2=O)cc1. The smallest absolute Gasteiger partial charge is 0.262 e. The predicted molar refractivity (Wildman–Crippen MR) is 124 cm³/mol. The third kappa shape index (κ3) is 5.90. The molecule has 0 aromatic heterocycles. The summed E-state index contributed by atoms with van der Waals surface area (Å²) in [6.07, 6.45) is 2.24. The zero-order valence-electron chi connectivity index (χ0n) is 18.7. The first-order valence-electron chi connectivity index (χ1n) is 11.3. The molecule has 174 valence electrons. The average molecular weight is 452 g/mol. The van der Waals surface area contributed by atoms with Gasteiger partial charge in [0, 0.05) is 37.5 Å². The number of anilines is 2. The van der Waals surface area contributed by atoms with Crippen molar-refractivity contribution >= 4 is 29.1 Å². The summed E-state index contributed by atoms with van der Waals surface area (Å²) in [6.45, 7) is 3.38. The van der Waals surface area contributed by atoms with Crippen LogP contribution in [0.2, 0.25) is 0 Å². The van der Waals surface area contributed by atoms with Gasteiger partial charge in [-0.2, -0.15) is 0 Å². The van der Waals surface area contributed by atoms with Gasteiger partial charge in [0.1, 0.15) is 5.75 Å². The van der Waals surface area contributed by atoms with Gasteiger partial charge in [0.05, 0.1) is 12.0 Å².